The number of nitrogens with one attached hydrogen (secondary N) is 2. The van der Waals surface area contributed by atoms with E-state index in [1.807, 2.05) is 62.4 Å². The second-order valence-corrected chi connectivity index (χ2v) is 9.32. The Hall–Kier alpha value is -4.51. The fourth-order valence-electron chi connectivity index (χ4n) is 4.23. The monoisotopic (exact) mass is 549 g/mol. The molecule has 1 aromatic heterocycles. The molecule has 5 aromatic rings. The first-order valence-electron chi connectivity index (χ1n) is 11.8. The Kier molecular flexibility index (Phi) is 7.16. The molecule has 7 nitrogen and oxygen atoms in total. The maximum atomic E-state index is 12.5. The second-order valence-electron chi connectivity index (χ2n) is 8.72. The van der Waals surface area contributed by atoms with Crippen LogP contribution in [-0.2, 0) is 0 Å². The van der Waals surface area contributed by atoms with Crippen molar-refractivity contribution in [3.8, 4) is 11.4 Å². The van der Waals surface area contributed by atoms with Crippen LogP contribution in [0.25, 0.3) is 27.5 Å². The number of rotatable bonds is 6. The van der Waals surface area contributed by atoms with E-state index in [9.17, 15) is 18.0 Å². The highest BCUT2D eigenvalue weighted by Crippen LogP contribution is 2.29. The normalized spacial score (nSPS) is 11.8. The van der Waals surface area contributed by atoms with Crippen LogP contribution in [0.15, 0.2) is 83.5 Å². The molecule has 2 N–H and O–H groups in total. The van der Waals surface area contributed by atoms with Gasteiger partial charge in [-0.25, -0.2) is 14.2 Å². The molecule has 1 heterocycles. The molecule has 0 fully saturated rings. The van der Waals surface area contributed by atoms with Gasteiger partial charge in [0.25, 0.3) is 0 Å². The SMILES string of the molecule is Cc1cccc(C)c1NC(=O)NSN=Cc1ccc2c(ccc3c2ncn3-c2ccc(OC(F)(F)F)cc2)c1. The molecule has 198 valence electrons. The number of nitrogens with zero attached hydrogens (tertiary/aromatic N) is 3. The first kappa shape index (κ1) is 26.1. The van der Waals surface area contributed by atoms with E-state index in [4.69, 9.17) is 0 Å². The first-order chi connectivity index (χ1) is 18.7. The lowest BCUT2D eigenvalue weighted by atomic mass is 10.1. The molecule has 0 aliphatic heterocycles. The molecular weight excluding hydrogens is 527 g/mol. The Labute approximate surface area is 226 Å². The van der Waals surface area contributed by atoms with Crippen molar-refractivity contribution in [2.45, 2.75) is 20.2 Å². The molecule has 0 aliphatic carbocycles. The van der Waals surface area contributed by atoms with Crippen LogP contribution >= 0.6 is 12.1 Å². The maximum Gasteiger partial charge on any atom is 0.573 e. The van der Waals surface area contributed by atoms with Gasteiger partial charge in [0.2, 0.25) is 0 Å². The molecule has 0 spiro atoms. The van der Waals surface area contributed by atoms with Gasteiger partial charge in [0, 0.05) is 23.0 Å². The van der Waals surface area contributed by atoms with Crippen molar-refractivity contribution < 1.29 is 22.7 Å². The zero-order valence-corrected chi connectivity index (χ0v) is 21.6. The number of aryl methyl sites for hydroxylation is 2. The molecule has 0 saturated carbocycles. The Balaban J connectivity index is 1.27. The quantitative estimate of drug-likeness (QED) is 0.170. The third-order valence-electron chi connectivity index (χ3n) is 6.02. The molecule has 0 aliphatic rings. The number of amides is 2. The number of ether oxygens (including phenoxy) is 1. The van der Waals surface area contributed by atoms with E-state index >= 15 is 0 Å². The zero-order chi connectivity index (χ0) is 27.6. The third kappa shape index (κ3) is 5.99. The van der Waals surface area contributed by atoms with E-state index in [2.05, 4.69) is 24.2 Å². The van der Waals surface area contributed by atoms with Crippen molar-refractivity contribution in [2.24, 2.45) is 4.40 Å². The van der Waals surface area contributed by atoms with Crippen LogP contribution < -0.4 is 14.8 Å². The number of anilines is 1. The number of carbonyl (C=O) groups excluding carboxylic acids is 1. The topological polar surface area (TPSA) is 80.5 Å². The fraction of sp³-hybridized carbons (Fsp3) is 0.107. The lowest BCUT2D eigenvalue weighted by molar-refractivity contribution is -0.274. The van der Waals surface area contributed by atoms with E-state index < -0.39 is 6.36 Å². The minimum absolute atomic E-state index is 0.286. The maximum absolute atomic E-state index is 12.5. The molecule has 4 aromatic carbocycles. The molecule has 0 bridgehead atoms. The van der Waals surface area contributed by atoms with Gasteiger partial charge in [0.05, 0.1) is 23.2 Å². The number of aromatic nitrogens is 2. The number of hydrogen-bond acceptors (Lipinski definition) is 5. The molecule has 39 heavy (non-hydrogen) atoms. The summed E-state index contributed by atoms with van der Waals surface area (Å²) in [5.74, 6) is -0.286. The van der Waals surface area contributed by atoms with Crippen LogP contribution in [0.4, 0.5) is 23.7 Å². The number of imidazole rings is 1. The Bertz CT molecular complexity index is 1680. The summed E-state index contributed by atoms with van der Waals surface area (Å²) < 4.78 is 50.0. The van der Waals surface area contributed by atoms with Crippen molar-refractivity contribution in [2.75, 3.05) is 5.32 Å². The number of fused-ring (bicyclic) bond motifs is 3. The molecular formula is C28H22F3N5O2S. The molecule has 0 unspecified atom stereocenters. The van der Waals surface area contributed by atoms with Crippen LogP contribution in [-0.4, -0.2) is 28.2 Å². The van der Waals surface area contributed by atoms with Gasteiger partial charge < -0.3 is 10.1 Å². The summed E-state index contributed by atoms with van der Waals surface area (Å²) in [6.07, 6.45) is -1.46. The minimum Gasteiger partial charge on any atom is -0.406 e. The summed E-state index contributed by atoms with van der Waals surface area (Å²) in [7, 11) is 0. The number of halogens is 3. The largest absolute Gasteiger partial charge is 0.573 e. The fourth-order valence-corrected chi connectivity index (χ4v) is 4.59. The molecule has 0 radical (unpaired) electrons. The predicted molar refractivity (Wildman–Crippen MR) is 149 cm³/mol. The van der Waals surface area contributed by atoms with E-state index in [1.54, 1.807) is 29.2 Å². The third-order valence-corrected chi connectivity index (χ3v) is 6.50. The second kappa shape index (κ2) is 10.7. The molecule has 11 heteroatoms. The van der Waals surface area contributed by atoms with E-state index in [0.717, 1.165) is 56.3 Å². The average molecular weight is 550 g/mol. The van der Waals surface area contributed by atoms with Gasteiger partial charge in [-0.15, -0.1) is 13.2 Å². The summed E-state index contributed by atoms with van der Waals surface area (Å²) in [6, 6.07) is 20.7. The van der Waals surface area contributed by atoms with E-state index in [-0.39, 0.29) is 11.8 Å². The van der Waals surface area contributed by atoms with E-state index in [1.165, 1.54) is 12.1 Å². The van der Waals surface area contributed by atoms with E-state index in [0.29, 0.717) is 5.69 Å². The van der Waals surface area contributed by atoms with Gasteiger partial charge in [0.15, 0.2) is 0 Å². The molecule has 2 amide bonds. The highest BCUT2D eigenvalue weighted by atomic mass is 32.2. The van der Waals surface area contributed by atoms with Gasteiger partial charge in [-0.05, 0) is 72.3 Å². The van der Waals surface area contributed by atoms with Crippen LogP contribution in [0, 0.1) is 13.8 Å². The van der Waals surface area contributed by atoms with Crippen molar-refractivity contribution in [1.29, 1.82) is 0 Å². The lowest BCUT2D eigenvalue weighted by Crippen LogP contribution is -2.23. The minimum atomic E-state index is -4.74. The Morgan fingerprint density at radius 1 is 1.03 bits per heavy atom. The van der Waals surface area contributed by atoms with Crippen LogP contribution in [0.2, 0.25) is 0 Å². The number of alkyl halides is 3. The highest BCUT2D eigenvalue weighted by molar-refractivity contribution is 7.96. The number of carbonyl (C=O) groups is 1. The van der Waals surface area contributed by atoms with Gasteiger partial charge in [-0.1, -0.05) is 36.4 Å². The average Bonchev–Trinajstić information content (AvgIpc) is 3.33. The number of urea groups is 1. The molecule has 5 rings (SSSR count). The lowest BCUT2D eigenvalue weighted by Gasteiger charge is -2.10. The summed E-state index contributed by atoms with van der Waals surface area (Å²) in [4.78, 5) is 16.8. The summed E-state index contributed by atoms with van der Waals surface area (Å²) in [6.45, 7) is 3.86. The standard InChI is InChI=1S/C28H22F3N5O2S/c1-17-4-3-5-18(2)25(17)34-27(37)35-39-33-15-19-6-12-23-20(14-19)7-13-24-26(23)32-16-36(24)21-8-10-22(11-9-21)38-28(29,30)31/h3-16H,1-2H3,(H2,34,35,37). The van der Waals surface area contributed by atoms with Crippen molar-refractivity contribution in [3.05, 3.63) is 95.8 Å². The zero-order valence-electron chi connectivity index (χ0n) is 20.8. The Morgan fingerprint density at radius 3 is 2.49 bits per heavy atom. The van der Waals surface area contributed by atoms with Gasteiger partial charge in [-0.3, -0.25) is 9.29 Å². The summed E-state index contributed by atoms with van der Waals surface area (Å²) in [5.41, 5.74) is 5.78. The smallest absolute Gasteiger partial charge is 0.406 e. The van der Waals surface area contributed by atoms with Crippen LogP contribution in [0.5, 0.6) is 5.75 Å². The predicted octanol–water partition coefficient (Wildman–Crippen LogP) is 7.50. The Morgan fingerprint density at radius 2 is 1.77 bits per heavy atom. The highest BCUT2D eigenvalue weighted by Gasteiger charge is 2.31. The van der Waals surface area contributed by atoms with Crippen LogP contribution in [0.3, 0.4) is 0 Å². The first-order valence-corrected chi connectivity index (χ1v) is 12.5. The van der Waals surface area contributed by atoms with Gasteiger partial charge in [-0.2, -0.15) is 0 Å². The van der Waals surface area contributed by atoms with Crippen molar-refractivity contribution >= 4 is 51.9 Å². The molecule has 0 atom stereocenters. The van der Waals surface area contributed by atoms with Gasteiger partial charge >= 0.3 is 12.4 Å². The van der Waals surface area contributed by atoms with Crippen LogP contribution in [0.1, 0.15) is 16.7 Å². The number of para-hydroxylation sites is 1. The van der Waals surface area contributed by atoms with Gasteiger partial charge in [0.1, 0.15) is 12.1 Å². The summed E-state index contributed by atoms with van der Waals surface area (Å²) in [5, 5.41) is 4.70. The van der Waals surface area contributed by atoms with Crippen molar-refractivity contribution in [1.82, 2.24) is 14.3 Å². The summed E-state index contributed by atoms with van der Waals surface area (Å²) >= 11 is 0.920. The number of benzene rings is 4. The van der Waals surface area contributed by atoms with Crippen molar-refractivity contribution in [3.63, 3.8) is 0 Å². The molecule has 0 saturated heterocycles. The number of hydrogen-bond donors (Lipinski definition) is 2.